The highest BCUT2D eigenvalue weighted by Crippen LogP contribution is 2.32. The molecular formula is C11H16NS. The van der Waals surface area contributed by atoms with Crippen molar-refractivity contribution in [3.05, 3.63) is 22.4 Å². The summed E-state index contributed by atoms with van der Waals surface area (Å²) in [5.74, 6) is 1.62. The summed E-state index contributed by atoms with van der Waals surface area (Å²) >= 11 is 1.89. The monoisotopic (exact) mass is 194 g/mol. The van der Waals surface area contributed by atoms with Gasteiger partial charge in [0.15, 0.2) is 0 Å². The average molecular weight is 194 g/mol. The Kier molecular flexibility index (Phi) is 3.01. The van der Waals surface area contributed by atoms with E-state index in [2.05, 4.69) is 29.8 Å². The van der Waals surface area contributed by atoms with Gasteiger partial charge in [-0.25, -0.2) is 5.32 Å². The van der Waals surface area contributed by atoms with Crippen molar-refractivity contribution < 1.29 is 0 Å². The molecule has 0 aliphatic carbocycles. The third-order valence-corrected chi connectivity index (χ3v) is 4.09. The number of rotatable bonds is 2. The van der Waals surface area contributed by atoms with Gasteiger partial charge < -0.3 is 0 Å². The summed E-state index contributed by atoms with van der Waals surface area (Å²) in [6, 6.07) is 4.42. The predicted octanol–water partition coefficient (Wildman–Crippen LogP) is 2.87. The zero-order valence-corrected chi connectivity index (χ0v) is 8.89. The van der Waals surface area contributed by atoms with Crippen LogP contribution in [0.3, 0.4) is 0 Å². The molecule has 1 aliphatic rings. The maximum atomic E-state index is 4.39. The van der Waals surface area contributed by atoms with Crippen LogP contribution in [0.15, 0.2) is 17.5 Å². The van der Waals surface area contributed by atoms with Crippen molar-refractivity contribution in [2.45, 2.75) is 25.7 Å². The predicted molar refractivity (Wildman–Crippen MR) is 57.3 cm³/mol. The Hall–Kier alpha value is -0.340. The van der Waals surface area contributed by atoms with Crippen LogP contribution in [0.2, 0.25) is 0 Å². The van der Waals surface area contributed by atoms with Gasteiger partial charge in [-0.2, -0.15) is 0 Å². The molecule has 1 unspecified atom stereocenters. The van der Waals surface area contributed by atoms with Crippen molar-refractivity contribution in [1.29, 1.82) is 0 Å². The highest BCUT2D eigenvalue weighted by Gasteiger charge is 2.21. The SMILES string of the molecule is CC(c1cccs1)C1CC[N]CC1. The van der Waals surface area contributed by atoms with Gasteiger partial charge in [-0.15, -0.1) is 11.3 Å². The number of nitrogens with zero attached hydrogens (tertiary/aromatic N) is 1. The van der Waals surface area contributed by atoms with Gasteiger partial charge in [0.1, 0.15) is 0 Å². The zero-order valence-electron chi connectivity index (χ0n) is 8.07. The summed E-state index contributed by atoms with van der Waals surface area (Å²) in [4.78, 5) is 1.55. The second kappa shape index (κ2) is 4.25. The molecule has 0 spiro atoms. The van der Waals surface area contributed by atoms with Crippen molar-refractivity contribution in [3.63, 3.8) is 0 Å². The lowest BCUT2D eigenvalue weighted by Gasteiger charge is -2.26. The quantitative estimate of drug-likeness (QED) is 0.687. The van der Waals surface area contributed by atoms with E-state index in [0.717, 1.165) is 24.9 Å². The fraction of sp³-hybridized carbons (Fsp3) is 0.636. The number of hydrogen-bond acceptors (Lipinski definition) is 1. The molecule has 0 saturated carbocycles. The minimum Gasteiger partial charge on any atom is -0.242 e. The average Bonchev–Trinajstić information content (AvgIpc) is 2.71. The van der Waals surface area contributed by atoms with Gasteiger partial charge in [-0.05, 0) is 36.1 Å². The van der Waals surface area contributed by atoms with Crippen LogP contribution >= 0.6 is 11.3 Å². The van der Waals surface area contributed by atoms with Gasteiger partial charge in [0.25, 0.3) is 0 Å². The molecule has 0 amide bonds. The summed E-state index contributed by atoms with van der Waals surface area (Å²) < 4.78 is 0. The molecule has 2 rings (SSSR count). The minimum atomic E-state index is 0.746. The third-order valence-electron chi connectivity index (χ3n) is 3.02. The van der Waals surface area contributed by atoms with E-state index in [0.29, 0.717) is 0 Å². The first-order chi connectivity index (χ1) is 6.38. The lowest BCUT2D eigenvalue weighted by molar-refractivity contribution is 0.329. The molecule has 1 fully saturated rings. The standard InChI is InChI=1S/C11H16NS/c1-9(11-3-2-8-13-11)10-4-6-12-7-5-10/h2-3,8-10H,4-7H2,1H3. The fourth-order valence-corrected chi connectivity index (χ4v) is 2.93. The second-order valence-electron chi connectivity index (χ2n) is 3.81. The third kappa shape index (κ3) is 2.12. The first-order valence-electron chi connectivity index (χ1n) is 5.04. The van der Waals surface area contributed by atoms with Gasteiger partial charge in [-0.1, -0.05) is 13.0 Å². The van der Waals surface area contributed by atoms with Gasteiger partial charge >= 0.3 is 0 Å². The summed E-state index contributed by atoms with van der Waals surface area (Å²) in [5, 5.41) is 6.57. The van der Waals surface area contributed by atoms with E-state index in [1.165, 1.54) is 12.8 Å². The Balaban J connectivity index is 1.99. The molecule has 1 radical (unpaired) electrons. The van der Waals surface area contributed by atoms with E-state index < -0.39 is 0 Å². The van der Waals surface area contributed by atoms with Crippen molar-refractivity contribution in [2.24, 2.45) is 5.92 Å². The molecule has 1 aromatic heterocycles. The molecule has 0 N–H and O–H groups in total. The largest absolute Gasteiger partial charge is 0.242 e. The van der Waals surface area contributed by atoms with Crippen LogP contribution in [-0.2, 0) is 0 Å². The van der Waals surface area contributed by atoms with E-state index in [1.807, 2.05) is 11.3 Å². The van der Waals surface area contributed by atoms with E-state index in [4.69, 9.17) is 0 Å². The summed E-state index contributed by atoms with van der Waals surface area (Å²) in [6.45, 7) is 4.53. The van der Waals surface area contributed by atoms with Crippen LogP contribution in [0.5, 0.6) is 0 Å². The fourth-order valence-electron chi connectivity index (χ4n) is 2.05. The molecule has 1 aromatic rings. The zero-order chi connectivity index (χ0) is 9.10. The molecule has 2 heterocycles. The topological polar surface area (TPSA) is 14.1 Å². The normalized spacial score (nSPS) is 21.6. The lowest BCUT2D eigenvalue weighted by Crippen LogP contribution is -2.25. The maximum absolute atomic E-state index is 4.39. The molecular weight excluding hydrogens is 178 g/mol. The van der Waals surface area contributed by atoms with Gasteiger partial charge in [0.05, 0.1) is 0 Å². The minimum absolute atomic E-state index is 0.746. The highest BCUT2D eigenvalue weighted by atomic mass is 32.1. The van der Waals surface area contributed by atoms with E-state index in [1.54, 1.807) is 4.88 Å². The first-order valence-corrected chi connectivity index (χ1v) is 5.92. The van der Waals surface area contributed by atoms with Gasteiger partial charge in [-0.3, -0.25) is 0 Å². The first kappa shape index (κ1) is 9.22. The number of thiophene rings is 1. The molecule has 1 atom stereocenters. The van der Waals surface area contributed by atoms with Gasteiger partial charge in [0, 0.05) is 18.0 Å². The van der Waals surface area contributed by atoms with E-state index in [-0.39, 0.29) is 0 Å². The van der Waals surface area contributed by atoms with Crippen molar-refractivity contribution in [2.75, 3.05) is 13.1 Å². The second-order valence-corrected chi connectivity index (χ2v) is 4.79. The van der Waals surface area contributed by atoms with Crippen molar-refractivity contribution >= 4 is 11.3 Å². The van der Waals surface area contributed by atoms with Crippen LogP contribution in [0.1, 0.15) is 30.6 Å². The Labute approximate surface area is 84.2 Å². The number of piperidine rings is 1. The van der Waals surface area contributed by atoms with Crippen LogP contribution in [-0.4, -0.2) is 13.1 Å². The molecule has 1 aliphatic heterocycles. The molecule has 2 heteroatoms. The Morgan fingerprint density at radius 2 is 2.23 bits per heavy atom. The van der Waals surface area contributed by atoms with Gasteiger partial charge in [0.2, 0.25) is 0 Å². The van der Waals surface area contributed by atoms with Crippen LogP contribution in [0, 0.1) is 5.92 Å². The summed E-state index contributed by atoms with van der Waals surface area (Å²) in [6.07, 6.45) is 2.58. The smallest absolute Gasteiger partial charge is 0.0136 e. The van der Waals surface area contributed by atoms with Crippen LogP contribution in [0.4, 0.5) is 0 Å². The van der Waals surface area contributed by atoms with E-state index in [9.17, 15) is 0 Å². The highest BCUT2D eigenvalue weighted by molar-refractivity contribution is 7.10. The maximum Gasteiger partial charge on any atom is 0.0136 e. The molecule has 0 aromatic carbocycles. The molecule has 1 nitrogen and oxygen atoms in total. The lowest BCUT2D eigenvalue weighted by atomic mass is 9.85. The molecule has 1 saturated heterocycles. The Morgan fingerprint density at radius 3 is 2.85 bits per heavy atom. The van der Waals surface area contributed by atoms with E-state index >= 15 is 0 Å². The number of hydrogen-bond donors (Lipinski definition) is 0. The van der Waals surface area contributed by atoms with Crippen LogP contribution in [0.25, 0.3) is 0 Å². The van der Waals surface area contributed by atoms with Crippen LogP contribution < -0.4 is 5.32 Å². The summed E-state index contributed by atoms with van der Waals surface area (Å²) in [5.41, 5.74) is 0. The Morgan fingerprint density at radius 1 is 1.46 bits per heavy atom. The molecule has 0 bridgehead atoms. The molecule has 13 heavy (non-hydrogen) atoms. The van der Waals surface area contributed by atoms with Crippen molar-refractivity contribution in [3.8, 4) is 0 Å². The Bertz CT molecular complexity index is 237. The summed E-state index contributed by atoms with van der Waals surface area (Å²) in [7, 11) is 0. The van der Waals surface area contributed by atoms with Crippen molar-refractivity contribution in [1.82, 2.24) is 5.32 Å². The molecule has 71 valence electrons.